The fourth-order valence-electron chi connectivity index (χ4n) is 1.70. The van der Waals surface area contributed by atoms with E-state index in [1.165, 1.54) is 11.4 Å². The van der Waals surface area contributed by atoms with Crippen LogP contribution in [0.2, 0.25) is 0 Å². The number of carbonyl (C=O) groups is 1. The summed E-state index contributed by atoms with van der Waals surface area (Å²) in [6, 6.07) is 0. The van der Waals surface area contributed by atoms with Crippen molar-refractivity contribution in [1.29, 1.82) is 0 Å². The van der Waals surface area contributed by atoms with E-state index in [2.05, 4.69) is 0 Å². The average molecular weight is 264 g/mol. The summed E-state index contributed by atoms with van der Waals surface area (Å²) in [5.74, 6) is -0.0888. The zero-order chi connectivity index (χ0) is 13.1. The molecular formula is C10H20N2O4S. The second kappa shape index (κ2) is 5.79. The molecule has 0 saturated carbocycles. The summed E-state index contributed by atoms with van der Waals surface area (Å²) in [5.41, 5.74) is 0. The van der Waals surface area contributed by atoms with Gasteiger partial charge in [0.05, 0.1) is 5.25 Å². The summed E-state index contributed by atoms with van der Waals surface area (Å²) in [6.07, 6.45) is 0. The van der Waals surface area contributed by atoms with Crippen molar-refractivity contribution in [3.8, 4) is 0 Å². The normalized spacial score (nSPS) is 18.7. The quantitative estimate of drug-likeness (QED) is 0.687. The molecule has 1 rings (SSSR count). The van der Waals surface area contributed by atoms with Gasteiger partial charge in [-0.2, -0.15) is 4.31 Å². The van der Waals surface area contributed by atoms with Crippen LogP contribution >= 0.6 is 0 Å². The highest BCUT2D eigenvalue weighted by atomic mass is 32.2. The molecule has 0 bridgehead atoms. The Hall–Kier alpha value is -0.660. The van der Waals surface area contributed by atoms with Gasteiger partial charge >= 0.3 is 0 Å². The van der Waals surface area contributed by atoms with Crippen molar-refractivity contribution in [2.24, 2.45) is 0 Å². The van der Waals surface area contributed by atoms with E-state index < -0.39 is 15.3 Å². The highest BCUT2D eigenvalue weighted by Gasteiger charge is 2.30. The Bertz CT molecular complexity index is 359. The van der Waals surface area contributed by atoms with Crippen LogP contribution in [-0.4, -0.2) is 68.7 Å². The summed E-state index contributed by atoms with van der Waals surface area (Å²) in [6.45, 7) is 5.00. The van der Waals surface area contributed by atoms with E-state index in [1.807, 2.05) is 0 Å². The molecule has 1 heterocycles. The molecule has 1 fully saturated rings. The van der Waals surface area contributed by atoms with Crippen LogP contribution in [0.3, 0.4) is 0 Å². The van der Waals surface area contributed by atoms with Crippen molar-refractivity contribution in [3.05, 3.63) is 0 Å². The van der Waals surface area contributed by atoms with E-state index >= 15 is 0 Å². The third-order valence-corrected chi connectivity index (χ3v) is 5.09. The first-order valence-electron chi connectivity index (χ1n) is 5.65. The van der Waals surface area contributed by atoms with E-state index in [-0.39, 0.29) is 12.5 Å². The van der Waals surface area contributed by atoms with Crippen molar-refractivity contribution in [2.45, 2.75) is 19.1 Å². The lowest BCUT2D eigenvalue weighted by Gasteiger charge is -2.34. The van der Waals surface area contributed by atoms with Gasteiger partial charge in [-0.1, -0.05) is 0 Å². The molecule has 7 heteroatoms. The molecule has 1 aliphatic rings. The maximum atomic E-state index is 11.9. The predicted octanol–water partition coefficient (Wildman–Crippen LogP) is -0.485. The van der Waals surface area contributed by atoms with Gasteiger partial charge in [0.2, 0.25) is 15.9 Å². The number of sulfonamides is 1. The molecule has 0 aromatic heterocycles. The molecule has 17 heavy (non-hydrogen) atoms. The minimum atomic E-state index is -3.20. The number of ether oxygens (including phenoxy) is 1. The van der Waals surface area contributed by atoms with Crippen LogP contribution < -0.4 is 0 Å². The second-order valence-electron chi connectivity index (χ2n) is 4.31. The molecule has 0 spiro atoms. The maximum Gasteiger partial charge on any atom is 0.248 e. The van der Waals surface area contributed by atoms with Crippen LogP contribution in [-0.2, 0) is 19.6 Å². The van der Waals surface area contributed by atoms with Crippen LogP contribution in [0.25, 0.3) is 0 Å². The lowest BCUT2D eigenvalue weighted by molar-refractivity contribution is -0.136. The molecule has 0 radical (unpaired) electrons. The second-order valence-corrected chi connectivity index (χ2v) is 6.80. The van der Waals surface area contributed by atoms with Gasteiger partial charge in [0, 0.05) is 33.3 Å². The molecule has 100 valence electrons. The molecule has 6 nitrogen and oxygen atoms in total. The molecule has 0 aromatic rings. The van der Waals surface area contributed by atoms with Gasteiger partial charge in [-0.05, 0) is 13.8 Å². The summed E-state index contributed by atoms with van der Waals surface area (Å²) in [7, 11) is -1.73. The lowest BCUT2D eigenvalue weighted by atomic mass is 10.3. The number of amides is 1. The summed E-state index contributed by atoms with van der Waals surface area (Å²) in [5, 5.41) is -0.413. The van der Waals surface area contributed by atoms with E-state index in [1.54, 1.807) is 18.7 Å². The van der Waals surface area contributed by atoms with Gasteiger partial charge in [-0.3, -0.25) is 4.79 Å². The number of nitrogens with zero attached hydrogens (tertiary/aromatic N) is 2. The number of methoxy groups -OCH3 is 1. The highest BCUT2D eigenvalue weighted by Crippen LogP contribution is 2.12. The number of piperazine rings is 1. The van der Waals surface area contributed by atoms with Gasteiger partial charge in [0.25, 0.3) is 0 Å². The fraction of sp³-hybridized carbons (Fsp3) is 0.900. The third-order valence-electron chi connectivity index (χ3n) is 2.81. The van der Waals surface area contributed by atoms with E-state index in [4.69, 9.17) is 4.74 Å². The zero-order valence-corrected chi connectivity index (χ0v) is 11.4. The predicted molar refractivity (Wildman–Crippen MR) is 64.1 cm³/mol. The summed E-state index contributed by atoms with van der Waals surface area (Å²) in [4.78, 5) is 13.2. The summed E-state index contributed by atoms with van der Waals surface area (Å²) >= 11 is 0. The standard InChI is InChI=1S/C10H20N2O4S/c1-9(2)17(14,15)12-6-4-11(5-7-12)10(13)8-16-3/h9H,4-8H2,1-3H3. The van der Waals surface area contributed by atoms with Crippen LogP contribution in [0.15, 0.2) is 0 Å². The molecule has 1 amide bonds. The van der Waals surface area contributed by atoms with Crippen molar-refractivity contribution in [1.82, 2.24) is 9.21 Å². The molecule has 0 atom stereocenters. The van der Waals surface area contributed by atoms with Crippen molar-refractivity contribution >= 4 is 15.9 Å². The van der Waals surface area contributed by atoms with Crippen LogP contribution in [0, 0.1) is 0 Å². The van der Waals surface area contributed by atoms with E-state index in [9.17, 15) is 13.2 Å². The SMILES string of the molecule is COCC(=O)N1CCN(S(=O)(=O)C(C)C)CC1. The molecule has 1 aliphatic heterocycles. The lowest BCUT2D eigenvalue weighted by Crippen LogP contribution is -2.52. The Morgan fingerprint density at radius 2 is 1.76 bits per heavy atom. The van der Waals surface area contributed by atoms with Crippen molar-refractivity contribution in [2.75, 3.05) is 39.9 Å². The number of hydrogen-bond acceptors (Lipinski definition) is 4. The van der Waals surface area contributed by atoms with Gasteiger partial charge < -0.3 is 9.64 Å². The molecule has 0 N–H and O–H groups in total. The molecule has 0 unspecified atom stereocenters. The largest absolute Gasteiger partial charge is 0.375 e. The Morgan fingerprint density at radius 3 is 2.18 bits per heavy atom. The Labute approximate surface area is 103 Å². The molecule has 0 aliphatic carbocycles. The van der Waals surface area contributed by atoms with Gasteiger partial charge in [-0.25, -0.2) is 8.42 Å². The Balaban J connectivity index is 2.54. The van der Waals surface area contributed by atoms with Gasteiger partial charge in [-0.15, -0.1) is 0 Å². The minimum absolute atomic E-state index is 0.0525. The minimum Gasteiger partial charge on any atom is -0.375 e. The van der Waals surface area contributed by atoms with Crippen LogP contribution in [0.1, 0.15) is 13.8 Å². The van der Waals surface area contributed by atoms with Crippen molar-refractivity contribution < 1.29 is 17.9 Å². The monoisotopic (exact) mass is 264 g/mol. The maximum absolute atomic E-state index is 11.9. The Morgan fingerprint density at radius 1 is 1.24 bits per heavy atom. The number of hydrogen-bond donors (Lipinski definition) is 0. The molecular weight excluding hydrogens is 244 g/mol. The molecule has 1 saturated heterocycles. The summed E-state index contributed by atoms with van der Waals surface area (Å²) < 4.78 is 30.0. The topological polar surface area (TPSA) is 66.9 Å². The van der Waals surface area contributed by atoms with Crippen molar-refractivity contribution in [3.63, 3.8) is 0 Å². The van der Waals surface area contributed by atoms with E-state index in [0.717, 1.165) is 0 Å². The number of rotatable bonds is 4. The number of carbonyl (C=O) groups excluding carboxylic acids is 1. The van der Waals surface area contributed by atoms with E-state index in [0.29, 0.717) is 26.2 Å². The molecule has 0 aromatic carbocycles. The smallest absolute Gasteiger partial charge is 0.248 e. The zero-order valence-electron chi connectivity index (χ0n) is 10.5. The van der Waals surface area contributed by atoms with Gasteiger partial charge in [0.1, 0.15) is 6.61 Å². The fourth-order valence-corrected chi connectivity index (χ4v) is 2.97. The first kappa shape index (κ1) is 14.4. The third kappa shape index (κ3) is 3.40. The van der Waals surface area contributed by atoms with Gasteiger partial charge in [0.15, 0.2) is 0 Å². The highest BCUT2D eigenvalue weighted by molar-refractivity contribution is 7.89. The van der Waals surface area contributed by atoms with Crippen LogP contribution in [0.4, 0.5) is 0 Å². The Kier molecular flexibility index (Phi) is 4.91. The average Bonchev–Trinajstić information content (AvgIpc) is 2.29. The first-order valence-corrected chi connectivity index (χ1v) is 7.15. The first-order chi connectivity index (χ1) is 7.89. The van der Waals surface area contributed by atoms with Crippen LogP contribution in [0.5, 0.6) is 0 Å².